The SMILES string of the molecule is CC[C@@H](NC(=O)OC(C)(C)C)C(=O)CCC1CC1. The second kappa shape index (κ2) is 6.21. The summed E-state index contributed by atoms with van der Waals surface area (Å²) in [4.78, 5) is 23.5. The zero-order valence-corrected chi connectivity index (χ0v) is 11.9. The van der Waals surface area contributed by atoms with Crippen LogP contribution in [0.1, 0.15) is 59.8 Å². The van der Waals surface area contributed by atoms with Gasteiger partial charge in [-0.3, -0.25) is 4.79 Å². The summed E-state index contributed by atoms with van der Waals surface area (Å²) in [6, 6.07) is -0.404. The van der Waals surface area contributed by atoms with Crippen molar-refractivity contribution in [3.63, 3.8) is 0 Å². The summed E-state index contributed by atoms with van der Waals surface area (Å²) in [5.74, 6) is 0.864. The predicted molar refractivity (Wildman–Crippen MR) is 70.4 cm³/mol. The molecule has 1 aliphatic rings. The molecule has 0 aliphatic heterocycles. The zero-order chi connectivity index (χ0) is 13.8. The maximum Gasteiger partial charge on any atom is 0.408 e. The second-order valence-corrected chi connectivity index (χ2v) is 6.06. The Morgan fingerprint density at radius 3 is 2.39 bits per heavy atom. The molecule has 0 aromatic carbocycles. The molecular formula is C14H25NO3. The third-order valence-electron chi connectivity index (χ3n) is 2.98. The Balaban J connectivity index is 2.34. The van der Waals surface area contributed by atoms with Crippen LogP contribution in [0, 0.1) is 5.92 Å². The lowest BCUT2D eigenvalue weighted by Gasteiger charge is -2.22. The van der Waals surface area contributed by atoms with Crippen LogP contribution in [0.3, 0.4) is 0 Å². The molecule has 1 aliphatic carbocycles. The molecule has 0 unspecified atom stereocenters. The monoisotopic (exact) mass is 255 g/mol. The van der Waals surface area contributed by atoms with E-state index in [2.05, 4.69) is 5.32 Å². The first-order chi connectivity index (χ1) is 8.31. The van der Waals surface area contributed by atoms with Gasteiger partial charge in [0.2, 0.25) is 0 Å². The van der Waals surface area contributed by atoms with E-state index >= 15 is 0 Å². The van der Waals surface area contributed by atoms with Crippen LogP contribution in [0.4, 0.5) is 4.79 Å². The fraction of sp³-hybridized carbons (Fsp3) is 0.857. The second-order valence-electron chi connectivity index (χ2n) is 6.06. The zero-order valence-electron chi connectivity index (χ0n) is 11.9. The van der Waals surface area contributed by atoms with Crippen molar-refractivity contribution in [2.75, 3.05) is 0 Å². The quantitative estimate of drug-likeness (QED) is 0.793. The van der Waals surface area contributed by atoms with Gasteiger partial charge in [0.15, 0.2) is 5.78 Å². The van der Waals surface area contributed by atoms with E-state index in [1.54, 1.807) is 0 Å². The minimum Gasteiger partial charge on any atom is -0.444 e. The molecule has 4 heteroatoms. The summed E-state index contributed by atoms with van der Waals surface area (Å²) in [5.41, 5.74) is -0.528. The smallest absolute Gasteiger partial charge is 0.408 e. The number of nitrogens with one attached hydrogen (secondary N) is 1. The summed E-state index contributed by atoms with van der Waals surface area (Å²) >= 11 is 0. The van der Waals surface area contributed by atoms with Gasteiger partial charge in [0.05, 0.1) is 6.04 Å². The lowest BCUT2D eigenvalue weighted by Crippen LogP contribution is -2.43. The van der Waals surface area contributed by atoms with Crippen molar-refractivity contribution in [3.8, 4) is 0 Å². The fourth-order valence-electron chi connectivity index (χ4n) is 1.79. The molecule has 1 N–H and O–H groups in total. The normalized spacial score (nSPS) is 17.1. The van der Waals surface area contributed by atoms with Crippen molar-refractivity contribution in [2.24, 2.45) is 5.92 Å². The summed E-state index contributed by atoms with van der Waals surface area (Å²) in [5, 5.41) is 2.66. The average Bonchev–Trinajstić information content (AvgIpc) is 3.03. The molecule has 0 aromatic rings. The third kappa shape index (κ3) is 6.03. The van der Waals surface area contributed by atoms with Crippen LogP contribution in [-0.2, 0) is 9.53 Å². The van der Waals surface area contributed by atoms with Gasteiger partial charge in [-0.1, -0.05) is 19.8 Å². The number of Topliss-reactive ketones (excluding diaryl/α,β-unsaturated/α-hetero) is 1. The minimum atomic E-state index is -0.528. The Morgan fingerprint density at radius 1 is 1.33 bits per heavy atom. The van der Waals surface area contributed by atoms with Crippen LogP contribution in [0.5, 0.6) is 0 Å². The maximum atomic E-state index is 11.9. The van der Waals surface area contributed by atoms with Crippen molar-refractivity contribution in [1.82, 2.24) is 5.32 Å². The van der Waals surface area contributed by atoms with Gasteiger partial charge in [0.1, 0.15) is 5.60 Å². The summed E-state index contributed by atoms with van der Waals surface area (Å²) in [6.45, 7) is 7.32. The van der Waals surface area contributed by atoms with Gasteiger partial charge < -0.3 is 10.1 Å². The van der Waals surface area contributed by atoms with Gasteiger partial charge in [-0.25, -0.2) is 4.79 Å². The fourth-order valence-corrected chi connectivity index (χ4v) is 1.79. The molecule has 1 fully saturated rings. The standard InChI is InChI=1S/C14H25NO3/c1-5-11(12(16)9-8-10-6-7-10)15-13(17)18-14(2,3)4/h10-11H,5-9H2,1-4H3,(H,15,17)/t11-/m1/s1. The van der Waals surface area contributed by atoms with Gasteiger partial charge in [-0.2, -0.15) is 0 Å². The van der Waals surface area contributed by atoms with Crippen LogP contribution in [0.25, 0.3) is 0 Å². The first-order valence-electron chi connectivity index (χ1n) is 6.84. The van der Waals surface area contributed by atoms with Crippen molar-refractivity contribution >= 4 is 11.9 Å². The van der Waals surface area contributed by atoms with Gasteiger partial charge in [0.25, 0.3) is 0 Å². The Bertz CT molecular complexity index is 303. The number of ether oxygens (including phenoxy) is 1. The number of hydrogen-bond acceptors (Lipinski definition) is 3. The van der Waals surface area contributed by atoms with E-state index in [4.69, 9.17) is 4.74 Å². The molecule has 0 saturated heterocycles. The summed E-state index contributed by atoms with van der Waals surface area (Å²) in [6.07, 6.45) is 4.15. The topological polar surface area (TPSA) is 55.4 Å². The molecule has 1 rings (SSSR count). The summed E-state index contributed by atoms with van der Waals surface area (Å²) in [7, 11) is 0. The third-order valence-corrected chi connectivity index (χ3v) is 2.98. The number of ketones is 1. The molecule has 4 nitrogen and oxygen atoms in total. The van der Waals surface area contributed by atoms with E-state index in [-0.39, 0.29) is 5.78 Å². The number of carbonyl (C=O) groups is 2. The highest BCUT2D eigenvalue weighted by Gasteiger charge is 2.26. The van der Waals surface area contributed by atoms with E-state index < -0.39 is 17.7 Å². The van der Waals surface area contributed by atoms with Gasteiger partial charge >= 0.3 is 6.09 Å². The molecule has 0 aromatic heterocycles. The first kappa shape index (κ1) is 15.0. The Morgan fingerprint density at radius 2 is 1.94 bits per heavy atom. The van der Waals surface area contributed by atoms with Crippen LogP contribution >= 0.6 is 0 Å². The lowest BCUT2D eigenvalue weighted by molar-refractivity contribution is -0.121. The molecule has 104 valence electrons. The molecule has 1 saturated carbocycles. The van der Waals surface area contributed by atoms with Crippen LogP contribution in [-0.4, -0.2) is 23.5 Å². The average molecular weight is 255 g/mol. The number of amides is 1. The largest absolute Gasteiger partial charge is 0.444 e. The van der Waals surface area contributed by atoms with Crippen molar-refractivity contribution < 1.29 is 14.3 Å². The maximum absolute atomic E-state index is 11.9. The summed E-state index contributed by atoms with van der Waals surface area (Å²) < 4.78 is 5.16. The molecule has 0 bridgehead atoms. The van der Waals surface area contributed by atoms with Crippen molar-refractivity contribution in [1.29, 1.82) is 0 Å². The van der Waals surface area contributed by atoms with E-state index in [0.29, 0.717) is 12.8 Å². The molecule has 1 atom stereocenters. The molecular weight excluding hydrogens is 230 g/mol. The predicted octanol–water partition coefficient (Wildman–Crippen LogP) is 3.05. The van der Waals surface area contributed by atoms with Crippen molar-refractivity contribution in [3.05, 3.63) is 0 Å². The minimum absolute atomic E-state index is 0.121. The van der Waals surface area contributed by atoms with Gasteiger partial charge in [-0.05, 0) is 39.5 Å². The number of alkyl carbamates (subject to hydrolysis) is 1. The van der Waals surface area contributed by atoms with Crippen molar-refractivity contribution in [2.45, 2.75) is 71.4 Å². The Labute approximate surface area is 109 Å². The Kier molecular flexibility index (Phi) is 5.17. The van der Waals surface area contributed by atoms with Crippen LogP contribution in [0.2, 0.25) is 0 Å². The number of hydrogen-bond donors (Lipinski definition) is 1. The molecule has 0 heterocycles. The van der Waals surface area contributed by atoms with Gasteiger partial charge in [0, 0.05) is 6.42 Å². The molecule has 0 spiro atoms. The number of rotatable bonds is 6. The molecule has 18 heavy (non-hydrogen) atoms. The highest BCUT2D eigenvalue weighted by molar-refractivity contribution is 5.87. The molecule has 0 radical (unpaired) electrons. The van der Waals surface area contributed by atoms with E-state index in [1.165, 1.54) is 12.8 Å². The lowest BCUT2D eigenvalue weighted by atomic mass is 10.0. The highest BCUT2D eigenvalue weighted by Crippen LogP contribution is 2.33. The highest BCUT2D eigenvalue weighted by atomic mass is 16.6. The first-order valence-corrected chi connectivity index (χ1v) is 6.84. The van der Waals surface area contributed by atoms with Crippen LogP contribution < -0.4 is 5.32 Å². The van der Waals surface area contributed by atoms with E-state index in [1.807, 2.05) is 27.7 Å². The van der Waals surface area contributed by atoms with Crippen LogP contribution in [0.15, 0.2) is 0 Å². The van der Waals surface area contributed by atoms with E-state index in [0.717, 1.165) is 12.3 Å². The molecule has 1 amide bonds. The number of carbonyl (C=O) groups excluding carboxylic acids is 2. The van der Waals surface area contributed by atoms with Gasteiger partial charge in [-0.15, -0.1) is 0 Å². The van der Waals surface area contributed by atoms with E-state index in [9.17, 15) is 9.59 Å². The Hall–Kier alpha value is -1.06.